The van der Waals surface area contributed by atoms with Crippen LogP contribution in [-0.2, 0) is 6.42 Å². The number of hydrogen-bond donors (Lipinski definition) is 1. The molecule has 3 aromatic rings. The van der Waals surface area contributed by atoms with Gasteiger partial charge in [-0.2, -0.15) is 5.10 Å². The first kappa shape index (κ1) is 14.1. The molecule has 3 rings (SSSR count). The van der Waals surface area contributed by atoms with Crippen LogP contribution in [-0.4, -0.2) is 19.7 Å². The van der Waals surface area contributed by atoms with Gasteiger partial charge in [-0.1, -0.05) is 30.1 Å². The number of halogens is 2. The van der Waals surface area contributed by atoms with Gasteiger partial charge in [-0.3, -0.25) is 14.5 Å². The fourth-order valence-corrected chi connectivity index (χ4v) is 2.72. The van der Waals surface area contributed by atoms with Gasteiger partial charge in [0.15, 0.2) is 0 Å². The molecule has 0 aliphatic heterocycles. The number of fused-ring (bicyclic) bond motifs is 1. The van der Waals surface area contributed by atoms with Crippen LogP contribution in [0.1, 0.15) is 19.2 Å². The molecule has 0 aliphatic carbocycles. The van der Waals surface area contributed by atoms with E-state index in [4.69, 9.17) is 23.2 Å². The van der Waals surface area contributed by atoms with Gasteiger partial charge in [-0.05, 0) is 18.6 Å². The summed E-state index contributed by atoms with van der Waals surface area (Å²) >= 11 is 12.3. The molecule has 0 saturated heterocycles. The molecule has 1 aromatic carbocycles. The van der Waals surface area contributed by atoms with E-state index in [2.05, 4.69) is 15.2 Å². The van der Waals surface area contributed by atoms with E-state index in [1.807, 2.05) is 6.92 Å². The highest BCUT2D eigenvalue weighted by atomic mass is 35.5. The molecule has 0 unspecified atom stereocenters. The fraction of sp³-hybridized carbons (Fsp3) is 0.214. The van der Waals surface area contributed by atoms with E-state index in [-0.39, 0.29) is 5.56 Å². The van der Waals surface area contributed by atoms with Crippen molar-refractivity contribution in [2.45, 2.75) is 19.8 Å². The van der Waals surface area contributed by atoms with Gasteiger partial charge in [0.1, 0.15) is 5.82 Å². The lowest BCUT2D eigenvalue weighted by molar-refractivity contribution is 0.775. The van der Waals surface area contributed by atoms with Crippen LogP contribution < -0.4 is 5.56 Å². The third kappa shape index (κ3) is 2.32. The van der Waals surface area contributed by atoms with Crippen LogP contribution in [0.2, 0.25) is 10.0 Å². The van der Waals surface area contributed by atoms with Gasteiger partial charge in [0, 0.05) is 12.6 Å². The van der Waals surface area contributed by atoms with Gasteiger partial charge in [-0.15, -0.1) is 0 Å². The van der Waals surface area contributed by atoms with Crippen LogP contribution in [0.15, 0.2) is 29.3 Å². The van der Waals surface area contributed by atoms with Gasteiger partial charge >= 0.3 is 0 Å². The Hall–Kier alpha value is -1.85. The Balaban J connectivity index is 2.46. The zero-order valence-corrected chi connectivity index (χ0v) is 12.7. The summed E-state index contributed by atoms with van der Waals surface area (Å²) < 4.78 is 1.53. The largest absolute Gasteiger partial charge is 0.284 e. The summed E-state index contributed by atoms with van der Waals surface area (Å²) in [5.74, 6) is 0.639. The standard InChI is InChI=1S/C14H12Cl2N4O/c1-2-3-11-19-13-10(16)5-4-9(15)12(13)14(21)20(11)8-6-17-18-7-8/h4-7H,2-3H2,1H3,(H,17,18). The number of aromatic nitrogens is 4. The van der Waals surface area contributed by atoms with E-state index >= 15 is 0 Å². The Kier molecular flexibility index (Phi) is 3.69. The van der Waals surface area contributed by atoms with Crippen LogP contribution in [0, 0.1) is 0 Å². The van der Waals surface area contributed by atoms with E-state index < -0.39 is 0 Å². The van der Waals surface area contributed by atoms with Crippen LogP contribution in [0.5, 0.6) is 0 Å². The Morgan fingerprint density at radius 2 is 2.05 bits per heavy atom. The zero-order valence-electron chi connectivity index (χ0n) is 11.2. The second-order valence-electron chi connectivity index (χ2n) is 4.63. The summed E-state index contributed by atoms with van der Waals surface area (Å²) in [4.78, 5) is 17.4. The SMILES string of the molecule is CCCc1nc2c(Cl)ccc(Cl)c2c(=O)n1-c1cn[nH]c1. The number of aryl methyl sites for hydroxylation is 1. The molecule has 0 atom stereocenters. The average Bonchev–Trinajstić information content (AvgIpc) is 2.97. The molecule has 7 heteroatoms. The van der Waals surface area contributed by atoms with Crippen molar-refractivity contribution in [3.8, 4) is 5.69 Å². The highest BCUT2D eigenvalue weighted by Crippen LogP contribution is 2.26. The Morgan fingerprint density at radius 3 is 2.71 bits per heavy atom. The predicted molar refractivity (Wildman–Crippen MR) is 83.5 cm³/mol. The normalized spacial score (nSPS) is 11.2. The summed E-state index contributed by atoms with van der Waals surface area (Å²) in [6.45, 7) is 2.02. The fourth-order valence-electron chi connectivity index (χ4n) is 2.29. The molecule has 2 heterocycles. The van der Waals surface area contributed by atoms with Gasteiger partial charge in [0.2, 0.25) is 0 Å². The summed E-state index contributed by atoms with van der Waals surface area (Å²) in [6, 6.07) is 3.26. The van der Waals surface area contributed by atoms with Crippen LogP contribution in [0.3, 0.4) is 0 Å². The summed E-state index contributed by atoms with van der Waals surface area (Å²) in [6.07, 6.45) is 4.73. The Bertz CT molecular complexity index is 856. The molecular formula is C14H12Cl2N4O. The van der Waals surface area contributed by atoms with Crippen molar-refractivity contribution in [1.29, 1.82) is 0 Å². The molecule has 0 radical (unpaired) electrons. The van der Waals surface area contributed by atoms with E-state index in [0.29, 0.717) is 38.9 Å². The van der Waals surface area contributed by atoms with E-state index in [1.165, 1.54) is 4.57 Å². The molecule has 5 nitrogen and oxygen atoms in total. The molecule has 0 bridgehead atoms. The molecule has 1 N–H and O–H groups in total. The molecule has 2 aromatic heterocycles. The van der Waals surface area contributed by atoms with E-state index in [1.54, 1.807) is 24.5 Å². The highest BCUT2D eigenvalue weighted by molar-refractivity contribution is 6.39. The van der Waals surface area contributed by atoms with Crippen molar-refractivity contribution < 1.29 is 0 Å². The van der Waals surface area contributed by atoms with Crippen molar-refractivity contribution in [3.63, 3.8) is 0 Å². The maximum atomic E-state index is 12.8. The lowest BCUT2D eigenvalue weighted by Gasteiger charge is -2.12. The lowest BCUT2D eigenvalue weighted by Crippen LogP contribution is -2.24. The number of H-pyrrole nitrogens is 1. The summed E-state index contributed by atoms with van der Waals surface area (Å²) in [5.41, 5.74) is 0.837. The predicted octanol–water partition coefficient (Wildman–Crippen LogP) is 3.37. The third-order valence-electron chi connectivity index (χ3n) is 3.21. The minimum absolute atomic E-state index is 0.239. The molecule has 0 aliphatic rings. The molecule has 0 amide bonds. The number of hydrogen-bond acceptors (Lipinski definition) is 3. The minimum Gasteiger partial charge on any atom is -0.284 e. The first-order valence-electron chi connectivity index (χ1n) is 6.52. The quantitative estimate of drug-likeness (QED) is 0.804. The summed E-state index contributed by atoms with van der Waals surface area (Å²) in [5, 5.41) is 7.68. The number of benzene rings is 1. The van der Waals surface area contributed by atoms with Crippen LogP contribution in [0.4, 0.5) is 0 Å². The number of aromatic amines is 1. The minimum atomic E-state index is -0.239. The molecule has 0 spiro atoms. The lowest BCUT2D eigenvalue weighted by atomic mass is 10.2. The van der Waals surface area contributed by atoms with E-state index in [9.17, 15) is 4.79 Å². The molecule has 108 valence electrons. The molecular weight excluding hydrogens is 311 g/mol. The zero-order chi connectivity index (χ0) is 15.0. The summed E-state index contributed by atoms with van der Waals surface area (Å²) in [7, 11) is 0. The molecule has 0 fully saturated rings. The second kappa shape index (κ2) is 5.50. The van der Waals surface area contributed by atoms with Crippen molar-refractivity contribution in [3.05, 3.63) is 50.7 Å². The second-order valence-corrected chi connectivity index (χ2v) is 5.44. The maximum absolute atomic E-state index is 12.8. The van der Waals surface area contributed by atoms with Crippen LogP contribution in [0.25, 0.3) is 16.6 Å². The molecule has 21 heavy (non-hydrogen) atoms. The van der Waals surface area contributed by atoms with E-state index in [0.717, 1.165) is 6.42 Å². The van der Waals surface area contributed by atoms with Crippen molar-refractivity contribution >= 4 is 34.1 Å². The number of nitrogens with one attached hydrogen (secondary N) is 1. The van der Waals surface area contributed by atoms with Gasteiger partial charge in [0.05, 0.1) is 32.8 Å². The smallest absolute Gasteiger partial charge is 0.267 e. The van der Waals surface area contributed by atoms with Crippen molar-refractivity contribution in [2.75, 3.05) is 0 Å². The van der Waals surface area contributed by atoms with Crippen molar-refractivity contribution in [1.82, 2.24) is 19.7 Å². The third-order valence-corrected chi connectivity index (χ3v) is 3.83. The maximum Gasteiger partial charge on any atom is 0.267 e. The number of rotatable bonds is 3. The average molecular weight is 323 g/mol. The number of nitrogens with zero attached hydrogens (tertiary/aromatic N) is 3. The van der Waals surface area contributed by atoms with Crippen molar-refractivity contribution in [2.24, 2.45) is 0 Å². The molecule has 0 saturated carbocycles. The van der Waals surface area contributed by atoms with Gasteiger partial charge in [-0.25, -0.2) is 4.98 Å². The first-order valence-corrected chi connectivity index (χ1v) is 7.28. The monoisotopic (exact) mass is 322 g/mol. The topological polar surface area (TPSA) is 63.6 Å². The van der Waals surface area contributed by atoms with Gasteiger partial charge < -0.3 is 0 Å². The Labute approximate surface area is 130 Å². The van der Waals surface area contributed by atoms with Crippen LogP contribution >= 0.6 is 23.2 Å². The Morgan fingerprint density at radius 1 is 1.29 bits per heavy atom. The van der Waals surface area contributed by atoms with Gasteiger partial charge in [0.25, 0.3) is 5.56 Å². The highest BCUT2D eigenvalue weighted by Gasteiger charge is 2.16. The first-order chi connectivity index (χ1) is 10.1.